The minimum atomic E-state index is -3.78. The molecular weight excluding hydrogens is 528 g/mol. The van der Waals surface area contributed by atoms with Crippen molar-refractivity contribution >= 4 is 37.3 Å². The number of para-hydroxylation sites is 1. The summed E-state index contributed by atoms with van der Waals surface area (Å²) in [6.45, 7) is 3.72. The van der Waals surface area contributed by atoms with Gasteiger partial charge in [0.2, 0.25) is 10.0 Å². The number of sulfonamides is 2. The van der Waals surface area contributed by atoms with Gasteiger partial charge in [0.05, 0.1) is 15.5 Å². The molecule has 0 aromatic heterocycles. The molecule has 3 aromatic rings. The van der Waals surface area contributed by atoms with Gasteiger partial charge in [-0.05, 0) is 74.1 Å². The van der Waals surface area contributed by atoms with Gasteiger partial charge in [0.15, 0.2) is 6.61 Å². The Morgan fingerprint density at radius 3 is 2.08 bits per heavy atom. The van der Waals surface area contributed by atoms with Gasteiger partial charge >= 0.3 is 0 Å². The zero-order valence-electron chi connectivity index (χ0n) is 21.1. The Hall–Kier alpha value is -3.45. The Kier molecular flexibility index (Phi) is 8.36. The van der Waals surface area contributed by atoms with Crippen LogP contribution in [0.25, 0.3) is 0 Å². The molecule has 0 atom stereocenters. The maximum absolute atomic E-state index is 12.8. The number of aryl methyl sites for hydroxylation is 1. The number of amides is 1. The molecular formula is C26H30N4O6S2. The number of anilines is 2. The first-order valence-electron chi connectivity index (χ1n) is 11.9. The number of rotatable bonds is 9. The number of nitrogens with one attached hydrogen (secondary N) is 2. The van der Waals surface area contributed by atoms with E-state index in [1.165, 1.54) is 52.8 Å². The second-order valence-electron chi connectivity index (χ2n) is 8.96. The molecule has 0 saturated carbocycles. The van der Waals surface area contributed by atoms with Crippen molar-refractivity contribution in [2.75, 3.05) is 49.9 Å². The van der Waals surface area contributed by atoms with Gasteiger partial charge in [-0.3, -0.25) is 9.52 Å². The van der Waals surface area contributed by atoms with Crippen LogP contribution in [-0.2, 0) is 24.8 Å². The molecule has 10 nitrogen and oxygen atoms in total. The number of carbonyl (C=O) groups is 1. The van der Waals surface area contributed by atoms with Crippen molar-refractivity contribution in [2.24, 2.45) is 0 Å². The molecule has 0 spiro atoms. The minimum Gasteiger partial charge on any atom is -0.484 e. The summed E-state index contributed by atoms with van der Waals surface area (Å²) in [5.41, 5.74) is 1.72. The highest BCUT2D eigenvalue weighted by Gasteiger charge is 2.27. The van der Waals surface area contributed by atoms with Crippen LogP contribution in [0.1, 0.15) is 5.56 Å². The van der Waals surface area contributed by atoms with Gasteiger partial charge in [-0.15, -0.1) is 0 Å². The van der Waals surface area contributed by atoms with E-state index in [1.54, 1.807) is 12.1 Å². The van der Waals surface area contributed by atoms with Crippen molar-refractivity contribution in [1.29, 1.82) is 0 Å². The van der Waals surface area contributed by atoms with Gasteiger partial charge in [0, 0.05) is 31.9 Å². The number of piperazine rings is 1. The van der Waals surface area contributed by atoms with E-state index in [0.717, 1.165) is 5.56 Å². The Morgan fingerprint density at radius 1 is 0.842 bits per heavy atom. The summed E-state index contributed by atoms with van der Waals surface area (Å²) in [6.07, 6.45) is 0. The van der Waals surface area contributed by atoms with Crippen molar-refractivity contribution < 1.29 is 26.4 Å². The van der Waals surface area contributed by atoms with Crippen molar-refractivity contribution in [3.05, 3.63) is 78.4 Å². The van der Waals surface area contributed by atoms with Crippen LogP contribution in [0.5, 0.6) is 5.75 Å². The van der Waals surface area contributed by atoms with E-state index in [4.69, 9.17) is 4.74 Å². The molecule has 0 bridgehead atoms. The molecule has 0 unspecified atom stereocenters. The molecule has 0 aliphatic carbocycles. The summed E-state index contributed by atoms with van der Waals surface area (Å²) in [6, 6.07) is 18.8. The van der Waals surface area contributed by atoms with Crippen LogP contribution in [0, 0.1) is 6.92 Å². The van der Waals surface area contributed by atoms with Crippen molar-refractivity contribution in [2.45, 2.75) is 16.7 Å². The Balaban J connectivity index is 1.30. The topological polar surface area (TPSA) is 125 Å². The molecule has 1 aliphatic rings. The highest BCUT2D eigenvalue weighted by atomic mass is 32.2. The SMILES string of the molecule is Cc1ccccc1NS(=O)(=O)c1ccc(OCC(=O)Nc2ccc(S(=O)(=O)N3CCN(C)CC3)cc2)cc1. The standard InChI is InChI=1S/C26H30N4O6S2/c1-20-5-3-4-6-25(20)28-37(32,33)23-13-9-22(10-14-23)36-19-26(31)27-21-7-11-24(12-8-21)38(34,35)30-17-15-29(2)16-18-30/h3-14,28H,15-19H2,1-2H3,(H,27,31). The normalized spacial score (nSPS) is 15.1. The van der Waals surface area contributed by atoms with Gasteiger partial charge < -0.3 is 15.0 Å². The summed E-state index contributed by atoms with van der Waals surface area (Å²) in [5, 5.41) is 2.66. The number of ether oxygens (including phenoxy) is 1. The van der Waals surface area contributed by atoms with Gasteiger partial charge in [-0.2, -0.15) is 4.31 Å². The molecule has 1 aliphatic heterocycles. The molecule has 2 N–H and O–H groups in total. The van der Waals surface area contributed by atoms with E-state index < -0.39 is 26.0 Å². The second-order valence-corrected chi connectivity index (χ2v) is 12.6. The summed E-state index contributed by atoms with van der Waals surface area (Å²) in [7, 11) is -5.42. The number of nitrogens with zero attached hydrogens (tertiary/aromatic N) is 2. The van der Waals surface area contributed by atoms with Crippen LogP contribution in [0.15, 0.2) is 82.6 Å². The average Bonchev–Trinajstić information content (AvgIpc) is 2.89. The van der Waals surface area contributed by atoms with E-state index in [-0.39, 0.29) is 16.4 Å². The lowest BCUT2D eigenvalue weighted by Gasteiger charge is -2.31. The van der Waals surface area contributed by atoms with Gasteiger partial charge in [0.1, 0.15) is 5.75 Å². The number of hydrogen-bond acceptors (Lipinski definition) is 7. The molecule has 1 amide bonds. The third-order valence-electron chi connectivity index (χ3n) is 6.13. The number of carbonyl (C=O) groups excluding carboxylic acids is 1. The third kappa shape index (κ3) is 6.70. The first-order chi connectivity index (χ1) is 18.0. The fourth-order valence-electron chi connectivity index (χ4n) is 3.84. The molecule has 4 rings (SSSR count). The van der Waals surface area contributed by atoms with Crippen LogP contribution in [0.3, 0.4) is 0 Å². The van der Waals surface area contributed by atoms with Gasteiger partial charge in [0.25, 0.3) is 15.9 Å². The number of hydrogen-bond donors (Lipinski definition) is 2. The lowest BCUT2D eigenvalue weighted by atomic mass is 10.2. The lowest BCUT2D eigenvalue weighted by molar-refractivity contribution is -0.118. The van der Waals surface area contributed by atoms with Crippen molar-refractivity contribution in [3.63, 3.8) is 0 Å². The van der Waals surface area contributed by atoms with Crippen molar-refractivity contribution in [3.8, 4) is 5.75 Å². The number of benzene rings is 3. The molecule has 3 aromatic carbocycles. The summed E-state index contributed by atoms with van der Waals surface area (Å²) in [4.78, 5) is 14.6. The first-order valence-corrected chi connectivity index (χ1v) is 14.9. The van der Waals surface area contributed by atoms with E-state index in [0.29, 0.717) is 43.3 Å². The minimum absolute atomic E-state index is 0.0594. The number of likely N-dealkylation sites (N-methyl/N-ethyl adjacent to an activating group) is 1. The molecule has 38 heavy (non-hydrogen) atoms. The van der Waals surface area contributed by atoms with Crippen LogP contribution >= 0.6 is 0 Å². The van der Waals surface area contributed by atoms with E-state index in [1.807, 2.05) is 26.1 Å². The van der Waals surface area contributed by atoms with Crippen molar-refractivity contribution in [1.82, 2.24) is 9.21 Å². The first kappa shape index (κ1) is 27.6. The predicted octanol–water partition coefficient (Wildman–Crippen LogP) is 2.75. The molecule has 1 heterocycles. The maximum atomic E-state index is 12.8. The van der Waals surface area contributed by atoms with Crippen LogP contribution in [0.2, 0.25) is 0 Å². The highest BCUT2D eigenvalue weighted by Crippen LogP contribution is 2.22. The smallest absolute Gasteiger partial charge is 0.262 e. The highest BCUT2D eigenvalue weighted by molar-refractivity contribution is 7.92. The van der Waals surface area contributed by atoms with Gasteiger partial charge in [-0.25, -0.2) is 16.8 Å². The Labute approximate surface area is 223 Å². The Morgan fingerprint density at radius 2 is 1.45 bits per heavy atom. The summed E-state index contributed by atoms with van der Waals surface area (Å²) < 4.78 is 60.5. The van der Waals surface area contributed by atoms with E-state index in [2.05, 4.69) is 14.9 Å². The lowest BCUT2D eigenvalue weighted by Crippen LogP contribution is -2.46. The van der Waals surface area contributed by atoms with Crippen LogP contribution in [-0.4, -0.2) is 71.8 Å². The summed E-state index contributed by atoms with van der Waals surface area (Å²) >= 11 is 0. The fourth-order valence-corrected chi connectivity index (χ4v) is 6.39. The third-order valence-corrected chi connectivity index (χ3v) is 9.43. The van der Waals surface area contributed by atoms with Crippen LogP contribution < -0.4 is 14.8 Å². The molecule has 12 heteroatoms. The second kappa shape index (κ2) is 11.5. The average molecular weight is 559 g/mol. The monoisotopic (exact) mass is 558 g/mol. The zero-order chi connectivity index (χ0) is 27.3. The van der Waals surface area contributed by atoms with E-state index >= 15 is 0 Å². The van der Waals surface area contributed by atoms with E-state index in [9.17, 15) is 21.6 Å². The predicted molar refractivity (Wildman–Crippen MR) is 145 cm³/mol. The van der Waals surface area contributed by atoms with Gasteiger partial charge in [-0.1, -0.05) is 18.2 Å². The molecule has 1 fully saturated rings. The zero-order valence-corrected chi connectivity index (χ0v) is 22.8. The summed E-state index contributed by atoms with van der Waals surface area (Å²) in [5.74, 6) is -0.124. The van der Waals surface area contributed by atoms with Crippen LogP contribution in [0.4, 0.5) is 11.4 Å². The quantitative estimate of drug-likeness (QED) is 0.414. The largest absolute Gasteiger partial charge is 0.484 e. The molecule has 202 valence electrons. The Bertz CT molecular complexity index is 1480. The maximum Gasteiger partial charge on any atom is 0.262 e. The molecule has 0 radical (unpaired) electrons. The fraction of sp³-hybridized carbons (Fsp3) is 0.269. The molecule has 1 saturated heterocycles.